The second kappa shape index (κ2) is 7.24. The molecule has 2 nitrogen and oxygen atoms in total. The number of rotatable bonds is 7. The average Bonchev–Trinajstić information content (AvgIpc) is 2.18. The summed E-state index contributed by atoms with van der Waals surface area (Å²) in [4.78, 5) is 2.39. The first-order valence-electron chi connectivity index (χ1n) is 5.92. The molecule has 86 valence electrons. The molecule has 0 rings (SSSR count). The Labute approximate surface area is 90.1 Å². The molecule has 0 aromatic heterocycles. The van der Waals surface area contributed by atoms with Gasteiger partial charge in [-0.05, 0) is 32.5 Å². The second-order valence-corrected chi connectivity index (χ2v) is 4.53. The van der Waals surface area contributed by atoms with E-state index in [1.165, 1.54) is 13.0 Å². The summed E-state index contributed by atoms with van der Waals surface area (Å²) in [6.07, 6.45) is 1.26. The van der Waals surface area contributed by atoms with Crippen LogP contribution in [0, 0.1) is 11.8 Å². The predicted octanol–water partition coefficient (Wildman–Crippen LogP) is 2.21. The van der Waals surface area contributed by atoms with E-state index in [-0.39, 0.29) is 0 Å². The summed E-state index contributed by atoms with van der Waals surface area (Å²) < 4.78 is 0. The Kier molecular flexibility index (Phi) is 7.20. The standard InChI is InChI=1S/C12H28N2/c1-7-10(3)12(13-5)11(4)9-14(6)8-2/h10-13H,7-9H2,1-6H3/t10-,11?,12?/m0/s1. The molecule has 0 bridgehead atoms. The van der Waals surface area contributed by atoms with E-state index >= 15 is 0 Å². The summed E-state index contributed by atoms with van der Waals surface area (Å²) in [6.45, 7) is 11.5. The van der Waals surface area contributed by atoms with E-state index in [1.807, 2.05) is 0 Å². The van der Waals surface area contributed by atoms with Crippen molar-refractivity contribution >= 4 is 0 Å². The Morgan fingerprint density at radius 1 is 1.14 bits per heavy atom. The Hall–Kier alpha value is -0.0800. The summed E-state index contributed by atoms with van der Waals surface area (Å²) in [6, 6.07) is 0.647. The van der Waals surface area contributed by atoms with Gasteiger partial charge >= 0.3 is 0 Å². The average molecular weight is 200 g/mol. The molecule has 0 amide bonds. The SMILES string of the molecule is CC[C@H](C)C(NC)C(C)CN(C)CC. The van der Waals surface area contributed by atoms with Crippen LogP contribution in [-0.4, -0.2) is 38.1 Å². The fourth-order valence-electron chi connectivity index (χ4n) is 2.12. The number of nitrogens with zero attached hydrogens (tertiary/aromatic N) is 1. The molecular formula is C12H28N2. The molecule has 0 saturated carbocycles. The van der Waals surface area contributed by atoms with Crippen molar-refractivity contribution in [3.05, 3.63) is 0 Å². The molecule has 0 spiro atoms. The minimum absolute atomic E-state index is 0.647. The Bertz CT molecular complexity index is 136. The quantitative estimate of drug-likeness (QED) is 0.678. The van der Waals surface area contributed by atoms with Gasteiger partial charge in [0.15, 0.2) is 0 Å². The van der Waals surface area contributed by atoms with E-state index in [0.717, 1.165) is 18.4 Å². The predicted molar refractivity (Wildman–Crippen MR) is 64.6 cm³/mol. The van der Waals surface area contributed by atoms with Gasteiger partial charge in [0.2, 0.25) is 0 Å². The fraction of sp³-hybridized carbons (Fsp3) is 1.00. The van der Waals surface area contributed by atoms with E-state index in [9.17, 15) is 0 Å². The van der Waals surface area contributed by atoms with Gasteiger partial charge in [0.25, 0.3) is 0 Å². The maximum absolute atomic E-state index is 3.46. The van der Waals surface area contributed by atoms with Crippen molar-refractivity contribution in [3.8, 4) is 0 Å². The molecule has 3 atom stereocenters. The van der Waals surface area contributed by atoms with Crippen LogP contribution < -0.4 is 5.32 Å². The summed E-state index contributed by atoms with van der Waals surface area (Å²) >= 11 is 0. The summed E-state index contributed by atoms with van der Waals surface area (Å²) in [5, 5.41) is 3.46. The van der Waals surface area contributed by atoms with Gasteiger partial charge in [0.05, 0.1) is 0 Å². The highest BCUT2D eigenvalue weighted by Crippen LogP contribution is 2.16. The molecule has 1 N–H and O–H groups in total. The zero-order valence-corrected chi connectivity index (χ0v) is 10.8. The van der Waals surface area contributed by atoms with Crippen LogP contribution in [0.1, 0.15) is 34.1 Å². The van der Waals surface area contributed by atoms with Crippen molar-refractivity contribution in [2.24, 2.45) is 11.8 Å². The lowest BCUT2D eigenvalue weighted by molar-refractivity contribution is 0.220. The molecule has 0 aromatic carbocycles. The zero-order chi connectivity index (χ0) is 11.1. The van der Waals surface area contributed by atoms with Gasteiger partial charge in [0.1, 0.15) is 0 Å². The molecule has 0 saturated heterocycles. The minimum Gasteiger partial charge on any atom is -0.316 e. The summed E-state index contributed by atoms with van der Waals surface area (Å²) in [5.74, 6) is 1.49. The smallest absolute Gasteiger partial charge is 0.0127 e. The van der Waals surface area contributed by atoms with E-state index < -0.39 is 0 Å². The Balaban J connectivity index is 4.09. The number of hydrogen-bond acceptors (Lipinski definition) is 2. The van der Waals surface area contributed by atoms with Crippen molar-refractivity contribution < 1.29 is 0 Å². The third kappa shape index (κ3) is 4.43. The summed E-state index contributed by atoms with van der Waals surface area (Å²) in [7, 11) is 4.28. The van der Waals surface area contributed by atoms with Crippen LogP contribution in [0.4, 0.5) is 0 Å². The highest BCUT2D eigenvalue weighted by Gasteiger charge is 2.21. The van der Waals surface area contributed by atoms with Crippen molar-refractivity contribution in [2.75, 3.05) is 27.2 Å². The molecule has 2 heteroatoms. The van der Waals surface area contributed by atoms with Crippen LogP contribution in [0.25, 0.3) is 0 Å². The molecule has 0 aromatic rings. The lowest BCUT2D eigenvalue weighted by Gasteiger charge is -2.31. The van der Waals surface area contributed by atoms with Gasteiger partial charge in [-0.1, -0.05) is 34.1 Å². The zero-order valence-electron chi connectivity index (χ0n) is 10.8. The highest BCUT2D eigenvalue weighted by atomic mass is 15.1. The van der Waals surface area contributed by atoms with Gasteiger partial charge in [-0.3, -0.25) is 0 Å². The van der Waals surface area contributed by atoms with E-state index in [2.05, 4.69) is 52.0 Å². The molecule has 0 aliphatic carbocycles. The van der Waals surface area contributed by atoms with Crippen LogP contribution in [0.2, 0.25) is 0 Å². The fourth-order valence-corrected chi connectivity index (χ4v) is 2.12. The molecule has 0 heterocycles. The maximum atomic E-state index is 3.46. The van der Waals surface area contributed by atoms with E-state index in [0.29, 0.717) is 6.04 Å². The lowest BCUT2D eigenvalue weighted by Crippen LogP contribution is -2.42. The van der Waals surface area contributed by atoms with Gasteiger partial charge in [-0.15, -0.1) is 0 Å². The molecule has 0 fully saturated rings. The second-order valence-electron chi connectivity index (χ2n) is 4.53. The van der Waals surface area contributed by atoms with Crippen LogP contribution in [0.15, 0.2) is 0 Å². The van der Waals surface area contributed by atoms with Crippen LogP contribution >= 0.6 is 0 Å². The van der Waals surface area contributed by atoms with Crippen molar-refractivity contribution in [3.63, 3.8) is 0 Å². The molecule has 2 unspecified atom stereocenters. The van der Waals surface area contributed by atoms with E-state index in [1.54, 1.807) is 0 Å². The van der Waals surface area contributed by atoms with Gasteiger partial charge in [-0.2, -0.15) is 0 Å². The van der Waals surface area contributed by atoms with Crippen LogP contribution in [0.5, 0.6) is 0 Å². The molecular weight excluding hydrogens is 172 g/mol. The third-order valence-electron chi connectivity index (χ3n) is 3.34. The summed E-state index contributed by atoms with van der Waals surface area (Å²) in [5.41, 5.74) is 0. The minimum atomic E-state index is 0.647. The third-order valence-corrected chi connectivity index (χ3v) is 3.34. The largest absolute Gasteiger partial charge is 0.316 e. The first-order chi connectivity index (χ1) is 6.56. The van der Waals surface area contributed by atoms with Crippen molar-refractivity contribution in [1.29, 1.82) is 0 Å². The number of hydrogen-bond donors (Lipinski definition) is 1. The monoisotopic (exact) mass is 200 g/mol. The maximum Gasteiger partial charge on any atom is 0.0127 e. The topological polar surface area (TPSA) is 15.3 Å². The normalized spacial score (nSPS) is 18.2. The lowest BCUT2D eigenvalue weighted by atomic mass is 9.88. The van der Waals surface area contributed by atoms with Gasteiger partial charge in [-0.25, -0.2) is 0 Å². The van der Waals surface area contributed by atoms with Gasteiger partial charge in [0, 0.05) is 12.6 Å². The first kappa shape index (κ1) is 13.9. The van der Waals surface area contributed by atoms with Crippen molar-refractivity contribution in [1.82, 2.24) is 10.2 Å². The van der Waals surface area contributed by atoms with Crippen LogP contribution in [0.3, 0.4) is 0 Å². The van der Waals surface area contributed by atoms with E-state index in [4.69, 9.17) is 0 Å². The molecule has 0 aliphatic rings. The van der Waals surface area contributed by atoms with Crippen LogP contribution in [-0.2, 0) is 0 Å². The molecule has 14 heavy (non-hydrogen) atoms. The van der Waals surface area contributed by atoms with Gasteiger partial charge < -0.3 is 10.2 Å². The number of nitrogens with one attached hydrogen (secondary N) is 1. The highest BCUT2D eigenvalue weighted by molar-refractivity contribution is 4.78. The molecule has 0 aliphatic heterocycles. The first-order valence-corrected chi connectivity index (χ1v) is 5.92. The Morgan fingerprint density at radius 3 is 2.07 bits per heavy atom. The molecule has 0 radical (unpaired) electrons. The van der Waals surface area contributed by atoms with Crippen molar-refractivity contribution in [2.45, 2.75) is 40.2 Å². The Morgan fingerprint density at radius 2 is 1.71 bits per heavy atom.